The van der Waals surface area contributed by atoms with Gasteiger partial charge in [0.05, 0.1) is 37.3 Å². The van der Waals surface area contributed by atoms with Gasteiger partial charge in [0.15, 0.2) is 11.2 Å². The number of carboxylic acids is 1. The molecule has 1 aromatic carbocycles. The minimum atomic E-state index is -4.56. The number of carboxylic acid groups (broad SMARTS) is 1. The molecule has 47 heavy (non-hydrogen) atoms. The highest BCUT2D eigenvalue weighted by atomic mass is 32.3. The number of hydrogen-bond acceptors (Lipinski definition) is 14. The van der Waals surface area contributed by atoms with Crippen LogP contribution in [-0.2, 0) is 43.7 Å². The Balaban J connectivity index is 1.22. The topological polar surface area (TPSA) is 299 Å². The molecule has 0 spiro atoms. The molecule has 3 aromatic heterocycles. The fourth-order valence-corrected chi connectivity index (χ4v) is 4.54. The second kappa shape index (κ2) is 15.2. The number of nitrogens with two attached hydrogens (primary N) is 1. The fourth-order valence-electron chi connectivity index (χ4n) is 4.25. The molecule has 20 nitrogen and oxygen atoms in total. The zero-order valence-electron chi connectivity index (χ0n) is 24.8. The van der Waals surface area contributed by atoms with Crippen molar-refractivity contribution < 1.29 is 36.6 Å². The second-order valence-corrected chi connectivity index (χ2v) is 11.3. The van der Waals surface area contributed by atoms with Gasteiger partial charge >= 0.3 is 16.4 Å². The molecule has 4 aromatic rings. The molecule has 2 atom stereocenters. The van der Waals surface area contributed by atoms with Gasteiger partial charge in [0, 0.05) is 36.3 Å². The average Bonchev–Trinajstić information content (AvgIpc) is 3.44. The zero-order valence-corrected chi connectivity index (χ0v) is 25.6. The SMILES string of the molecule is C[C@H](Cc1cn(CCOS(=O)(=O)O)nn1)NC(=O)CC[C@H](NC(=O)c1ccc(NCc2cnc3nc(N)[nH]c(=O)c3n2)cc1)C(=O)O. The average molecular weight is 674 g/mol. The van der Waals surface area contributed by atoms with Gasteiger partial charge in [-0.1, -0.05) is 5.21 Å². The Kier molecular flexibility index (Phi) is 11.1. The zero-order chi connectivity index (χ0) is 34.1. The minimum absolute atomic E-state index is 0.0117. The molecule has 4 rings (SSSR count). The molecule has 0 unspecified atom stereocenters. The lowest BCUT2D eigenvalue weighted by atomic mass is 10.1. The molecule has 0 fully saturated rings. The fraction of sp³-hybridized carbons (Fsp3) is 0.346. The molecule has 0 aliphatic carbocycles. The van der Waals surface area contributed by atoms with Gasteiger partial charge in [-0.3, -0.25) is 23.9 Å². The molecule has 8 N–H and O–H groups in total. The Morgan fingerprint density at radius 3 is 2.57 bits per heavy atom. The van der Waals surface area contributed by atoms with Crippen LogP contribution in [0.4, 0.5) is 11.6 Å². The Morgan fingerprint density at radius 2 is 1.87 bits per heavy atom. The number of fused-ring (bicyclic) bond motifs is 1. The van der Waals surface area contributed by atoms with E-state index in [4.69, 9.17) is 10.3 Å². The number of anilines is 2. The first-order chi connectivity index (χ1) is 22.3. The van der Waals surface area contributed by atoms with Crippen molar-refractivity contribution in [2.75, 3.05) is 17.7 Å². The van der Waals surface area contributed by atoms with Crippen molar-refractivity contribution in [2.45, 2.75) is 51.4 Å². The van der Waals surface area contributed by atoms with Crippen LogP contribution >= 0.6 is 0 Å². The molecule has 0 bridgehead atoms. The predicted octanol–water partition coefficient (Wildman–Crippen LogP) is -0.971. The lowest BCUT2D eigenvalue weighted by Gasteiger charge is -2.16. The summed E-state index contributed by atoms with van der Waals surface area (Å²) in [6.07, 6.45) is 2.89. The van der Waals surface area contributed by atoms with E-state index in [1.54, 1.807) is 19.1 Å². The van der Waals surface area contributed by atoms with Crippen molar-refractivity contribution >= 4 is 51.0 Å². The highest BCUT2D eigenvalue weighted by molar-refractivity contribution is 7.80. The van der Waals surface area contributed by atoms with Crippen LogP contribution in [0.25, 0.3) is 11.2 Å². The molecule has 2 amide bonds. The number of amides is 2. The molecular weight excluding hydrogens is 642 g/mol. The van der Waals surface area contributed by atoms with E-state index in [9.17, 15) is 32.7 Å². The quantitative estimate of drug-likeness (QED) is 0.0704. The van der Waals surface area contributed by atoms with Crippen LogP contribution in [0, 0.1) is 0 Å². The van der Waals surface area contributed by atoms with E-state index in [1.165, 1.54) is 29.2 Å². The minimum Gasteiger partial charge on any atom is -0.480 e. The highest BCUT2D eigenvalue weighted by Gasteiger charge is 2.22. The van der Waals surface area contributed by atoms with Gasteiger partial charge in [-0.15, -0.1) is 5.10 Å². The van der Waals surface area contributed by atoms with Gasteiger partial charge in [-0.05, 0) is 37.6 Å². The normalized spacial score (nSPS) is 12.7. The number of nitrogens with one attached hydrogen (secondary N) is 4. The Labute approximate surface area is 266 Å². The molecule has 3 heterocycles. The van der Waals surface area contributed by atoms with Crippen molar-refractivity contribution in [3.05, 3.63) is 64.0 Å². The number of carbonyl (C=O) groups is 3. The first kappa shape index (κ1) is 34.3. The second-order valence-electron chi connectivity index (χ2n) is 10.2. The third-order valence-electron chi connectivity index (χ3n) is 6.43. The summed E-state index contributed by atoms with van der Waals surface area (Å²) in [6.45, 7) is 1.58. The van der Waals surface area contributed by atoms with Crippen LogP contribution in [0.1, 0.15) is 41.5 Å². The number of nitrogen functional groups attached to an aromatic ring is 1. The highest BCUT2D eigenvalue weighted by Crippen LogP contribution is 2.12. The van der Waals surface area contributed by atoms with Crippen LogP contribution in [0.5, 0.6) is 0 Å². The third kappa shape index (κ3) is 10.5. The number of aromatic nitrogens is 7. The summed E-state index contributed by atoms with van der Waals surface area (Å²) in [5.41, 5.74) is 6.90. The van der Waals surface area contributed by atoms with E-state index >= 15 is 0 Å². The maximum atomic E-state index is 12.7. The van der Waals surface area contributed by atoms with Gasteiger partial charge in [0.1, 0.15) is 6.04 Å². The van der Waals surface area contributed by atoms with Gasteiger partial charge < -0.3 is 26.8 Å². The lowest BCUT2D eigenvalue weighted by molar-refractivity contribution is -0.139. The van der Waals surface area contributed by atoms with Crippen molar-refractivity contribution in [2.24, 2.45) is 0 Å². The summed E-state index contributed by atoms with van der Waals surface area (Å²) in [7, 11) is -4.56. The summed E-state index contributed by atoms with van der Waals surface area (Å²) in [6, 6.07) is 4.46. The Bertz CT molecular complexity index is 1910. The summed E-state index contributed by atoms with van der Waals surface area (Å²) in [5.74, 6) is -2.46. The van der Waals surface area contributed by atoms with E-state index in [-0.39, 0.29) is 61.6 Å². The summed E-state index contributed by atoms with van der Waals surface area (Å²) in [5, 5.41) is 25.6. The van der Waals surface area contributed by atoms with Crippen LogP contribution < -0.4 is 27.2 Å². The standard InChI is InChI=1S/C26H31N11O9S/c1-14(10-17-13-37(36-35-17)8-9-46-47(43,44)45)30-20(38)7-6-19(25(41)42)32-23(39)15-2-4-16(5-3-15)28-11-18-12-29-22-21(31-18)24(40)34-26(27)33-22/h2-5,12-14,19,28H,6-11H2,1H3,(H,30,38)(H,32,39)(H,41,42)(H,43,44,45)(H3,27,29,33,34,40)/t14-,19+/m1/s1. The van der Waals surface area contributed by atoms with Gasteiger partial charge in [0.2, 0.25) is 11.9 Å². The van der Waals surface area contributed by atoms with E-state index in [0.717, 1.165) is 0 Å². The van der Waals surface area contributed by atoms with E-state index in [2.05, 4.69) is 50.4 Å². The molecular formula is C26H31N11O9S. The molecule has 0 aliphatic heterocycles. The van der Waals surface area contributed by atoms with Gasteiger partial charge in [0.25, 0.3) is 11.5 Å². The van der Waals surface area contributed by atoms with Crippen LogP contribution in [0.2, 0.25) is 0 Å². The van der Waals surface area contributed by atoms with E-state index < -0.39 is 45.8 Å². The molecule has 0 radical (unpaired) electrons. The first-order valence-corrected chi connectivity index (χ1v) is 15.3. The van der Waals surface area contributed by atoms with Crippen molar-refractivity contribution in [1.82, 2.24) is 45.6 Å². The number of hydrogen-bond donors (Lipinski definition) is 7. The largest absolute Gasteiger partial charge is 0.480 e. The maximum absolute atomic E-state index is 12.7. The van der Waals surface area contributed by atoms with E-state index in [1.807, 2.05) is 0 Å². The summed E-state index contributed by atoms with van der Waals surface area (Å²) < 4.78 is 35.3. The number of carbonyl (C=O) groups excluding carboxylic acids is 2. The molecule has 0 aliphatic rings. The number of nitrogens with zero attached hydrogens (tertiary/aromatic N) is 6. The smallest absolute Gasteiger partial charge is 0.397 e. The monoisotopic (exact) mass is 673 g/mol. The van der Waals surface area contributed by atoms with Crippen LogP contribution in [0.15, 0.2) is 41.5 Å². The van der Waals surface area contributed by atoms with Gasteiger partial charge in [-0.2, -0.15) is 13.4 Å². The molecule has 250 valence electrons. The summed E-state index contributed by atoms with van der Waals surface area (Å²) >= 11 is 0. The maximum Gasteiger partial charge on any atom is 0.397 e. The molecule has 0 saturated carbocycles. The summed E-state index contributed by atoms with van der Waals surface area (Å²) in [4.78, 5) is 63.7. The van der Waals surface area contributed by atoms with E-state index in [0.29, 0.717) is 17.1 Å². The van der Waals surface area contributed by atoms with Crippen molar-refractivity contribution in [3.63, 3.8) is 0 Å². The molecule has 21 heteroatoms. The number of H-pyrrole nitrogens is 1. The molecule has 0 saturated heterocycles. The number of aliphatic carboxylic acids is 1. The number of rotatable bonds is 16. The van der Waals surface area contributed by atoms with Crippen molar-refractivity contribution in [1.29, 1.82) is 0 Å². The van der Waals surface area contributed by atoms with Gasteiger partial charge in [-0.25, -0.2) is 23.6 Å². The third-order valence-corrected chi connectivity index (χ3v) is 6.90. The Hall–Kier alpha value is -5.54. The lowest BCUT2D eigenvalue weighted by Crippen LogP contribution is -2.42. The first-order valence-electron chi connectivity index (χ1n) is 13.9. The van der Waals surface area contributed by atoms with Crippen LogP contribution in [-0.4, -0.2) is 89.5 Å². The van der Waals surface area contributed by atoms with Crippen molar-refractivity contribution in [3.8, 4) is 0 Å². The number of benzene rings is 1. The van der Waals surface area contributed by atoms with Crippen LogP contribution in [0.3, 0.4) is 0 Å². The predicted molar refractivity (Wildman–Crippen MR) is 163 cm³/mol. The number of aromatic amines is 1. The Morgan fingerprint density at radius 1 is 1.13 bits per heavy atom.